The predicted octanol–water partition coefficient (Wildman–Crippen LogP) is 11.6. The highest BCUT2D eigenvalue weighted by molar-refractivity contribution is 6.77. The molecule has 1 aliphatic heterocycles. The SMILES string of the molecule is COc1cc2c(OC)c(c1)NC(=O)C[C@@H](OC)/C=C/C=C/C=C/C[C@H](O[Si](C(C)C)(C(C)C)C(C)C)[C@H](C)[C@@H](O[Si](C)(C)C(C)(C)C)/C(C)=C\CC2. The maximum absolute atomic E-state index is 13.2. The number of methoxy groups -OCH3 is 3. The Morgan fingerprint density at radius 3 is 2.02 bits per heavy atom. The third kappa shape index (κ3) is 12.0. The van der Waals surface area contributed by atoms with Gasteiger partial charge < -0.3 is 28.4 Å². The van der Waals surface area contributed by atoms with E-state index in [-0.39, 0.29) is 41.6 Å². The Morgan fingerprint density at radius 2 is 1.48 bits per heavy atom. The number of carbonyl (C=O) groups excluding carboxylic acids is 1. The van der Waals surface area contributed by atoms with Gasteiger partial charge >= 0.3 is 0 Å². The van der Waals surface area contributed by atoms with Gasteiger partial charge in [-0.15, -0.1) is 0 Å². The first-order chi connectivity index (χ1) is 24.2. The summed E-state index contributed by atoms with van der Waals surface area (Å²) in [6.07, 6.45) is 16.4. The number of nitrogens with one attached hydrogen (secondary N) is 1. The van der Waals surface area contributed by atoms with Gasteiger partial charge in [-0.05, 0) is 72.6 Å². The fourth-order valence-electron chi connectivity index (χ4n) is 7.43. The van der Waals surface area contributed by atoms with Crippen molar-refractivity contribution in [3.63, 3.8) is 0 Å². The van der Waals surface area contributed by atoms with E-state index in [4.69, 9.17) is 23.1 Å². The molecule has 1 aromatic rings. The van der Waals surface area contributed by atoms with Gasteiger partial charge in [0, 0.05) is 24.7 Å². The van der Waals surface area contributed by atoms with E-state index in [1.165, 1.54) is 5.57 Å². The summed E-state index contributed by atoms with van der Waals surface area (Å²) in [5, 5.41) is 3.10. The molecule has 294 valence electrons. The predicted molar refractivity (Wildman–Crippen MR) is 225 cm³/mol. The number of ether oxygens (including phenoxy) is 3. The lowest BCUT2D eigenvalue weighted by molar-refractivity contribution is -0.117. The number of amides is 1. The molecule has 1 N–H and O–H groups in total. The third-order valence-electron chi connectivity index (χ3n) is 11.4. The number of benzene rings is 1. The quantitative estimate of drug-likeness (QED) is 0.189. The minimum Gasteiger partial charge on any atom is -0.497 e. The van der Waals surface area contributed by atoms with Gasteiger partial charge in [-0.3, -0.25) is 4.79 Å². The minimum absolute atomic E-state index is 0.0257. The van der Waals surface area contributed by atoms with Gasteiger partial charge in [0.15, 0.2) is 8.32 Å². The van der Waals surface area contributed by atoms with Crippen LogP contribution in [-0.4, -0.2) is 62.2 Å². The summed E-state index contributed by atoms with van der Waals surface area (Å²) in [5.74, 6) is 1.23. The van der Waals surface area contributed by atoms with Crippen molar-refractivity contribution in [2.45, 2.75) is 155 Å². The monoisotopic (exact) mass is 755 g/mol. The van der Waals surface area contributed by atoms with Crippen LogP contribution in [0.25, 0.3) is 0 Å². The number of anilines is 1. The number of fused-ring (bicyclic) bond motifs is 2. The smallest absolute Gasteiger partial charge is 0.227 e. The summed E-state index contributed by atoms with van der Waals surface area (Å²) in [7, 11) is 0.491. The Bertz CT molecular complexity index is 1380. The van der Waals surface area contributed by atoms with Crippen molar-refractivity contribution in [3.8, 4) is 11.5 Å². The molecule has 0 radical (unpaired) electrons. The van der Waals surface area contributed by atoms with Gasteiger partial charge in [0.2, 0.25) is 14.2 Å². The molecular formula is C43H73NO6Si2. The van der Waals surface area contributed by atoms with Crippen molar-refractivity contribution in [1.82, 2.24) is 0 Å². The molecule has 2 bridgehead atoms. The van der Waals surface area contributed by atoms with Crippen LogP contribution in [0.3, 0.4) is 0 Å². The zero-order valence-electron chi connectivity index (χ0n) is 35.5. The highest BCUT2D eigenvalue weighted by Gasteiger charge is 2.48. The van der Waals surface area contributed by atoms with E-state index in [1.54, 1.807) is 21.3 Å². The molecule has 9 heteroatoms. The average Bonchev–Trinajstić information content (AvgIpc) is 3.05. The van der Waals surface area contributed by atoms with Crippen LogP contribution >= 0.6 is 0 Å². The van der Waals surface area contributed by atoms with Gasteiger partial charge in [0.1, 0.15) is 11.5 Å². The van der Waals surface area contributed by atoms with Crippen molar-refractivity contribution < 1.29 is 27.9 Å². The molecule has 0 unspecified atom stereocenters. The third-order valence-corrected chi connectivity index (χ3v) is 22.0. The van der Waals surface area contributed by atoms with Gasteiger partial charge in [-0.1, -0.05) is 112 Å². The van der Waals surface area contributed by atoms with E-state index in [9.17, 15) is 4.79 Å². The Morgan fingerprint density at radius 1 is 0.865 bits per heavy atom. The van der Waals surface area contributed by atoms with Crippen LogP contribution in [0, 0.1) is 5.92 Å². The lowest BCUT2D eigenvalue weighted by Gasteiger charge is -2.48. The van der Waals surface area contributed by atoms with Crippen LogP contribution in [0.2, 0.25) is 34.8 Å². The largest absolute Gasteiger partial charge is 0.497 e. The number of carbonyl (C=O) groups is 1. The second-order valence-corrected chi connectivity index (χ2v) is 27.1. The van der Waals surface area contributed by atoms with Crippen LogP contribution in [-0.2, 0) is 24.8 Å². The first-order valence-electron chi connectivity index (χ1n) is 19.3. The first-order valence-corrected chi connectivity index (χ1v) is 24.4. The maximum Gasteiger partial charge on any atom is 0.227 e. The Balaban J connectivity index is 2.80. The number of hydrogen-bond acceptors (Lipinski definition) is 6. The molecule has 0 aliphatic carbocycles. The molecule has 4 atom stereocenters. The summed E-state index contributed by atoms with van der Waals surface area (Å²) >= 11 is 0. The molecule has 0 aromatic heterocycles. The molecule has 0 fully saturated rings. The highest BCUT2D eigenvalue weighted by atomic mass is 28.4. The van der Waals surface area contributed by atoms with Crippen LogP contribution in [0.5, 0.6) is 11.5 Å². The topological polar surface area (TPSA) is 75.3 Å². The molecule has 0 spiro atoms. The summed E-state index contributed by atoms with van der Waals surface area (Å²) in [6.45, 7) is 30.4. The fraction of sp³-hybridized carbons (Fsp3) is 0.651. The molecule has 7 nitrogen and oxygen atoms in total. The second-order valence-electron chi connectivity index (χ2n) is 16.9. The van der Waals surface area contributed by atoms with E-state index in [1.807, 2.05) is 36.4 Å². The Kier molecular flexibility index (Phi) is 17.9. The lowest BCUT2D eigenvalue weighted by Crippen LogP contribution is -2.53. The van der Waals surface area contributed by atoms with E-state index < -0.39 is 16.6 Å². The van der Waals surface area contributed by atoms with Crippen molar-refractivity contribution in [2.24, 2.45) is 5.92 Å². The molecule has 1 aliphatic rings. The van der Waals surface area contributed by atoms with Gasteiger partial charge in [0.25, 0.3) is 0 Å². The number of hydrogen-bond donors (Lipinski definition) is 1. The molecule has 0 saturated heterocycles. The Hall–Kier alpha value is -2.44. The van der Waals surface area contributed by atoms with E-state index in [0.29, 0.717) is 40.2 Å². The summed E-state index contributed by atoms with van der Waals surface area (Å²) in [6, 6.07) is 3.81. The molecule has 1 aromatic carbocycles. The zero-order valence-corrected chi connectivity index (χ0v) is 37.5. The van der Waals surface area contributed by atoms with Crippen molar-refractivity contribution in [1.29, 1.82) is 0 Å². The average molecular weight is 756 g/mol. The van der Waals surface area contributed by atoms with Crippen LogP contribution in [0.1, 0.15) is 101 Å². The van der Waals surface area contributed by atoms with Crippen molar-refractivity contribution in [3.05, 3.63) is 65.8 Å². The van der Waals surface area contributed by atoms with Crippen LogP contribution < -0.4 is 14.8 Å². The lowest BCUT2D eigenvalue weighted by atomic mass is 9.90. The van der Waals surface area contributed by atoms with Gasteiger partial charge in [-0.25, -0.2) is 0 Å². The van der Waals surface area contributed by atoms with Gasteiger partial charge in [-0.2, -0.15) is 0 Å². The van der Waals surface area contributed by atoms with E-state index in [0.717, 1.165) is 18.4 Å². The molecule has 2 rings (SSSR count). The van der Waals surface area contributed by atoms with E-state index in [2.05, 4.69) is 113 Å². The first kappa shape index (κ1) is 45.7. The molecule has 52 heavy (non-hydrogen) atoms. The molecule has 0 saturated carbocycles. The fourth-order valence-corrected chi connectivity index (χ4v) is 14.5. The Labute approximate surface area is 319 Å². The second kappa shape index (κ2) is 20.3. The summed E-state index contributed by atoms with van der Waals surface area (Å²) < 4.78 is 32.2. The molecular weight excluding hydrogens is 683 g/mol. The summed E-state index contributed by atoms with van der Waals surface area (Å²) in [4.78, 5) is 13.2. The highest BCUT2D eigenvalue weighted by Crippen LogP contribution is 2.46. The van der Waals surface area contributed by atoms with Crippen LogP contribution in [0.4, 0.5) is 5.69 Å². The van der Waals surface area contributed by atoms with E-state index >= 15 is 0 Å². The number of rotatable bonds is 10. The summed E-state index contributed by atoms with van der Waals surface area (Å²) in [5.41, 5.74) is 4.16. The van der Waals surface area contributed by atoms with Gasteiger partial charge in [0.05, 0.1) is 44.6 Å². The van der Waals surface area contributed by atoms with Crippen molar-refractivity contribution in [2.75, 3.05) is 26.6 Å². The van der Waals surface area contributed by atoms with Crippen molar-refractivity contribution >= 4 is 28.2 Å². The van der Waals surface area contributed by atoms with Crippen LogP contribution in [0.15, 0.2) is 60.2 Å². The molecule has 1 amide bonds. The standard InChI is InChI=1S/C43H73NO6Si2/c1-30(2)52(31(3)4,32(5)6)49-39-26-21-19-17-18-20-25-36(46-12)29-40(45)44-38-28-37(47-13)27-35(42(38)48-14)24-22-23-33(7)41(34(39)8)50-51(15,16)43(9,10)11/h17-21,23,25,27-28,30-32,34,36,39,41H,22,24,26,29H2,1-16H3,(H,44,45)/b18-17+,21-19+,25-20+,33-23-/t34-,36-,39-,41-/m0/s1. The maximum atomic E-state index is 13.2. The number of aryl methyl sites for hydroxylation is 1. The zero-order chi connectivity index (χ0) is 39.4. The normalized spacial score (nSPS) is 24.8. The number of allylic oxidation sites excluding steroid dienone is 5. The minimum atomic E-state index is -2.23. The molecule has 1 heterocycles.